The Kier molecular flexibility index (Phi) is 3.60. The highest BCUT2D eigenvalue weighted by Crippen LogP contribution is 2.44. The van der Waals surface area contributed by atoms with Gasteiger partial charge in [-0.3, -0.25) is 0 Å². The summed E-state index contributed by atoms with van der Waals surface area (Å²) in [6, 6.07) is 8.64. The van der Waals surface area contributed by atoms with Crippen molar-refractivity contribution >= 4 is 11.3 Å². The van der Waals surface area contributed by atoms with Crippen molar-refractivity contribution in [2.24, 2.45) is 0 Å². The zero-order valence-electron chi connectivity index (χ0n) is 15.9. The second kappa shape index (κ2) is 6.01. The van der Waals surface area contributed by atoms with Crippen molar-refractivity contribution in [2.75, 3.05) is 18.6 Å². The molecule has 2 aliphatic heterocycles. The summed E-state index contributed by atoms with van der Waals surface area (Å²) in [7, 11) is 1.74. The second-order valence-electron chi connectivity index (χ2n) is 7.34. The molecule has 0 saturated carbocycles. The molecular weight excluding hydrogens is 338 g/mol. The van der Waals surface area contributed by atoms with Gasteiger partial charge in [0.1, 0.15) is 18.2 Å². The van der Waals surface area contributed by atoms with Gasteiger partial charge in [0.15, 0.2) is 5.65 Å². The maximum absolute atomic E-state index is 5.56. The van der Waals surface area contributed by atoms with Crippen LogP contribution in [0.1, 0.15) is 35.7 Å². The number of nitrogens with zero attached hydrogens (tertiary/aromatic N) is 5. The molecule has 4 heterocycles. The largest absolute Gasteiger partial charge is 0.496 e. The third-order valence-electron chi connectivity index (χ3n) is 5.59. The molecule has 6 nitrogen and oxygen atoms in total. The Morgan fingerprint density at radius 1 is 1.15 bits per heavy atom. The molecular formula is C21H23N5O. The molecule has 138 valence electrons. The summed E-state index contributed by atoms with van der Waals surface area (Å²) in [5.74, 6) is 0.965. The molecule has 0 N–H and O–H groups in total. The van der Waals surface area contributed by atoms with E-state index in [1.807, 2.05) is 10.6 Å². The Hall–Kier alpha value is -3.02. The molecule has 6 heteroatoms. The van der Waals surface area contributed by atoms with Gasteiger partial charge >= 0.3 is 0 Å². The Morgan fingerprint density at radius 3 is 2.74 bits per heavy atom. The Morgan fingerprint density at radius 2 is 1.96 bits per heavy atom. The number of ether oxygens (including phenoxy) is 1. The van der Waals surface area contributed by atoms with Gasteiger partial charge in [0.25, 0.3) is 0 Å². The first-order valence-corrected chi connectivity index (χ1v) is 9.36. The highest BCUT2D eigenvalue weighted by atomic mass is 16.5. The van der Waals surface area contributed by atoms with Crippen LogP contribution < -0.4 is 9.64 Å². The predicted molar refractivity (Wildman–Crippen MR) is 105 cm³/mol. The fourth-order valence-corrected chi connectivity index (χ4v) is 4.46. The van der Waals surface area contributed by atoms with Gasteiger partial charge in [-0.15, -0.1) is 0 Å². The molecule has 0 bridgehead atoms. The van der Waals surface area contributed by atoms with Gasteiger partial charge in [-0.05, 0) is 62.1 Å². The highest BCUT2D eigenvalue weighted by molar-refractivity contribution is 5.61. The maximum atomic E-state index is 5.56. The Bertz CT molecular complexity index is 1030. The van der Waals surface area contributed by atoms with Gasteiger partial charge < -0.3 is 14.5 Å². The smallest absolute Gasteiger partial charge is 0.155 e. The molecule has 0 radical (unpaired) electrons. The maximum Gasteiger partial charge on any atom is 0.155 e. The topological polar surface area (TPSA) is 45.9 Å². The lowest BCUT2D eigenvalue weighted by molar-refractivity contribution is 0.318. The number of hydrogen-bond donors (Lipinski definition) is 0. The van der Waals surface area contributed by atoms with Gasteiger partial charge in [-0.2, -0.15) is 5.10 Å². The van der Waals surface area contributed by atoms with Gasteiger partial charge in [-0.25, -0.2) is 9.50 Å². The fourth-order valence-electron chi connectivity index (χ4n) is 4.46. The summed E-state index contributed by atoms with van der Waals surface area (Å²) in [6.07, 6.45) is 8.49. The molecule has 5 rings (SSSR count). The average Bonchev–Trinajstić information content (AvgIpc) is 3.36. The normalized spacial score (nSPS) is 18.9. The van der Waals surface area contributed by atoms with Crippen LogP contribution in [0.4, 0.5) is 5.69 Å². The average molecular weight is 361 g/mol. The molecule has 1 atom stereocenters. The molecule has 2 aliphatic rings. The van der Waals surface area contributed by atoms with E-state index in [4.69, 9.17) is 4.74 Å². The summed E-state index contributed by atoms with van der Waals surface area (Å²) in [5.41, 5.74) is 6.99. The lowest BCUT2D eigenvalue weighted by Crippen LogP contribution is -2.31. The number of aryl methyl sites for hydroxylation is 2. The standard InChI is InChI=1S/C21H23N5O/c1-14-9-18(10-15(2)20(14)27-3)25-12-17-5-4-8-24(17)21(25)16-6-7-19-22-13-23-26(19)11-16/h6-7,9-13,21H,4-5,8H2,1-3H3. The lowest BCUT2D eigenvalue weighted by Gasteiger charge is -2.33. The molecule has 2 aromatic heterocycles. The van der Waals surface area contributed by atoms with Gasteiger partial charge in [0.2, 0.25) is 0 Å². The van der Waals surface area contributed by atoms with Gasteiger partial charge in [-0.1, -0.05) is 0 Å². The number of fused-ring (bicyclic) bond motifs is 2. The van der Waals surface area contributed by atoms with Crippen LogP contribution in [0, 0.1) is 13.8 Å². The zero-order valence-corrected chi connectivity index (χ0v) is 15.9. The number of methoxy groups -OCH3 is 1. The lowest BCUT2D eigenvalue weighted by atomic mass is 10.1. The van der Waals surface area contributed by atoms with Crippen molar-refractivity contribution in [3.05, 3.63) is 65.4 Å². The van der Waals surface area contributed by atoms with E-state index in [9.17, 15) is 0 Å². The van der Waals surface area contributed by atoms with Crippen molar-refractivity contribution in [3.8, 4) is 5.75 Å². The summed E-state index contributed by atoms with van der Waals surface area (Å²) < 4.78 is 7.41. The number of anilines is 1. The first-order valence-electron chi connectivity index (χ1n) is 9.36. The van der Waals surface area contributed by atoms with E-state index >= 15 is 0 Å². The van der Waals surface area contributed by atoms with Crippen LogP contribution in [0.25, 0.3) is 5.65 Å². The number of aromatic nitrogens is 3. The number of hydrogen-bond acceptors (Lipinski definition) is 5. The minimum atomic E-state index is 0.142. The van der Waals surface area contributed by atoms with Crippen molar-refractivity contribution in [1.29, 1.82) is 0 Å². The second-order valence-corrected chi connectivity index (χ2v) is 7.34. The summed E-state index contributed by atoms with van der Waals surface area (Å²) >= 11 is 0. The molecule has 1 fully saturated rings. The highest BCUT2D eigenvalue weighted by Gasteiger charge is 2.37. The van der Waals surface area contributed by atoms with E-state index in [0.29, 0.717) is 0 Å². The Labute approximate surface area is 158 Å². The van der Waals surface area contributed by atoms with Crippen molar-refractivity contribution in [1.82, 2.24) is 19.5 Å². The van der Waals surface area contributed by atoms with E-state index < -0.39 is 0 Å². The minimum Gasteiger partial charge on any atom is -0.496 e. The molecule has 27 heavy (non-hydrogen) atoms. The summed E-state index contributed by atoms with van der Waals surface area (Å²) in [5, 5.41) is 4.32. The van der Waals surface area contributed by atoms with Crippen molar-refractivity contribution in [2.45, 2.75) is 32.9 Å². The van der Waals surface area contributed by atoms with E-state index in [1.54, 1.807) is 13.4 Å². The molecule has 0 spiro atoms. The predicted octanol–water partition coefficient (Wildman–Crippen LogP) is 3.81. The molecule has 0 aliphatic carbocycles. The molecule has 1 unspecified atom stereocenters. The summed E-state index contributed by atoms with van der Waals surface area (Å²) in [6.45, 7) is 5.29. The van der Waals surface area contributed by atoms with Crippen LogP contribution in [0.5, 0.6) is 5.75 Å². The Balaban J connectivity index is 1.62. The van der Waals surface area contributed by atoms with Gasteiger partial charge in [0.05, 0.1) is 7.11 Å². The van der Waals surface area contributed by atoms with Crippen molar-refractivity contribution in [3.63, 3.8) is 0 Å². The van der Waals surface area contributed by atoms with E-state index in [2.05, 4.69) is 64.3 Å². The quantitative estimate of drug-likeness (QED) is 0.710. The number of pyridine rings is 1. The number of rotatable bonds is 3. The minimum absolute atomic E-state index is 0.142. The SMILES string of the molecule is COc1c(C)cc(N2C=C3CCCN3C2c2ccc3ncnn3c2)cc1C. The van der Waals surface area contributed by atoms with Gasteiger partial charge in [0, 0.05) is 35.9 Å². The van der Waals surface area contributed by atoms with E-state index in [0.717, 1.165) is 35.5 Å². The molecule has 1 aromatic carbocycles. The van der Waals surface area contributed by atoms with Crippen LogP contribution in [0.15, 0.2) is 48.7 Å². The van der Waals surface area contributed by atoms with Crippen LogP contribution in [-0.2, 0) is 0 Å². The number of benzene rings is 1. The van der Waals surface area contributed by atoms with E-state index in [1.165, 1.54) is 23.4 Å². The van der Waals surface area contributed by atoms with Crippen LogP contribution >= 0.6 is 0 Å². The third kappa shape index (κ3) is 2.47. The van der Waals surface area contributed by atoms with Crippen molar-refractivity contribution < 1.29 is 4.74 Å². The monoisotopic (exact) mass is 361 g/mol. The van der Waals surface area contributed by atoms with E-state index in [-0.39, 0.29) is 6.17 Å². The third-order valence-corrected chi connectivity index (χ3v) is 5.59. The molecule has 0 amide bonds. The zero-order chi connectivity index (χ0) is 18.5. The fraction of sp³-hybridized carbons (Fsp3) is 0.333. The molecule has 3 aromatic rings. The molecule has 1 saturated heterocycles. The van der Waals surface area contributed by atoms with Crippen LogP contribution in [0.2, 0.25) is 0 Å². The first kappa shape index (κ1) is 16.2. The van der Waals surface area contributed by atoms with Crippen LogP contribution in [-0.4, -0.2) is 33.2 Å². The van der Waals surface area contributed by atoms with Crippen LogP contribution in [0.3, 0.4) is 0 Å². The first-order chi connectivity index (χ1) is 13.2. The summed E-state index contributed by atoms with van der Waals surface area (Å²) in [4.78, 5) is 9.16. The number of allylic oxidation sites excluding steroid dienone is 1.